The fourth-order valence-corrected chi connectivity index (χ4v) is 1.49. The van der Waals surface area contributed by atoms with Gasteiger partial charge in [0.1, 0.15) is 5.01 Å². The summed E-state index contributed by atoms with van der Waals surface area (Å²) in [5.41, 5.74) is 0. The Hall–Kier alpha value is -1.17. The van der Waals surface area contributed by atoms with E-state index in [0.29, 0.717) is 13.0 Å². The summed E-state index contributed by atoms with van der Waals surface area (Å²) < 4.78 is 0. The first-order valence-electron chi connectivity index (χ1n) is 4.33. The maximum Gasteiger partial charge on any atom is 0.223 e. The Balaban J connectivity index is 2.25. The molecule has 1 amide bonds. The largest absolute Gasteiger partial charge is 0.360 e. The number of aromatic nitrogens is 2. The molecule has 6 heteroatoms. The summed E-state index contributed by atoms with van der Waals surface area (Å²) in [5, 5.41) is 12.5. The highest BCUT2D eigenvalue weighted by Gasteiger charge is 2.04. The molecule has 0 unspecified atom stereocenters. The van der Waals surface area contributed by atoms with Gasteiger partial charge in [0.2, 0.25) is 11.0 Å². The van der Waals surface area contributed by atoms with E-state index in [-0.39, 0.29) is 5.91 Å². The van der Waals surface area contributed by atoms with E-state index < -0.39 is 0 Å². The fraction of sp³-hybridized carbons (Fsp3) is 0.625. The maximum absolute atomic E-state index is 11.2. The number of nitrogens with zero attached hydrogens (tertiary/aromatic N) is 3. The number of amides is 1. The molecule has 78 valence electrons. The van der Waals surface area contributed by atoms with Gasteiger partial charge in [-0.3, -0.25) is 4.79 Å². The molecule has 0 saturated carbocycles. The van der Waals surface area contributed by atoms with Crippen molar-refractivity contribution in [3.05, 3.63) is 5.01 Å². The van der Waals surface area contributed by atoms with Crippen LogP contribution in [-0.4, -0.2) is 41.6 Å². The first-order chi connectivity index (χ1) is 6.59. The first-order valence-corrected chi connectivity index (χ1v) is 5.15. The Morgan fingerprint density at radius 2 is 2.21 bits per heavy atom. The van der Waals surface area contributed by atoms with Gasteiger partial charge in [0.05, 0.1) is 0 Å². The second kappa shape index (κ2) is 4.90. The van der Waals surface area contributed by atoms with Crippen molar-refractivity contribution in [2.24, 2.45) is 0 Å². The van der Waals surface area contributed by atoms with Gasteiger partial charge < -0.3 is 10.2 Å². The molecule has 0 fully saturated rings. The Morgan fingerprint density at radius 1 is 1.50 bits per heavy atom. The van der Waals surface area contributed by atoms with Crippen LogP contribution in [0.1, 0.15) is 11.4 Å². The third kappa shape index (κ3) is 3.29. The lowest BCUT2D eigenvalue weighted by Gasteiger charge is -2.09. The molecule has 0 bridgehead atoms. The van der Waals surface area contributed by atoms with Gasteiger partial charge in [-0.1, -0.05) is 11.3 Å². The van der Waals surface area contributed by atoms with E-state index in [4.69, 9.17) is 0 Å². The molecule has 0 saturated heterocycles. The van der Waals surface area contributed by atoms with Crippen molar-refractivity contribution >= 4 is 22.4 Å². The number of carbonyl (C=O) groups is 1. The Kier molecular flexibility index (Phi) is 3.82. The highest BCUT2D eigenvalue weighted by molar-refractivity contribution is 7.15. The molecular formula is C8H14N4OS. The van der Waals surface area contributed by atoms with E-state index in [1.165, 1.54) is 11.3 Å². The van der Waals surface area contributed by atoms with Crippen molar-refractivity contribution in [1.29, 1.82) is 0 Å². The minimum atomic E-state index is 0.110. The number of aryl methyl sites for hydroxylation is 1. The van der Waals surface area contributed by atoms with Crippen LogP contribution in [0, 0.1) is 6.92 Å². The topological polar surface area (TPSA) is 58.1 Å². The summed E-state index contributed by atoms with van der Waals surface area (Å²) >= 11 is 1.49. The molecule has 0 radical (unpaired) electrons. The van der Waals surface area contributed by atoms with Crippen molar-refractivity contribution in [3.8, 4) is 0 Å². The smallest absolute Gasteiger partial charge is 0.223 e. The highest BCUT2D eigenvalue weighted by Crippen LogP contribution is 2.13. The Morgan fingerprint density at radius 3 is 2.71 bits per heavy atom. The van der Waals surface area contributed by atoms with Crippen molar-refractivity contribution < 1.29 is 4.79 Å². The van der Waals surface area contributed by atoms with Crippen LogP contribution in [-0.2, 0) is 4.79 Å². The third-order valence-corrected chi connectivity index (χ3v) is 2.44. The summed E-state index contributed by atoms with van der Waals surface area (Å²) in [6.45, 7) is 2.50. The number of hydrogen-bond donors (Lipinski definition) is 1. The summed E-state index contributed by atoms with van der Waals surface area (Å²) in [6.07, 6.45) is 0.478. The molecule has 1 aromatic heterocycles. The summed E-state index contributed by atoms with van der Waals surface area (Å²) in [5.74, 6) is 0.110. The number of anilines is 1. The van der Waals surface area contributed by atoms with Gasteiger partial charge in [-0.05, 0) is 6.92 Å². The van der Waals surface area contributed by atoms with E-state index in [1.807, 2.05) is 6.92 Å². The zero-order chi connectivity index (χ0) is 10.6. The van der Waals surface area contributed by atoms with E-state index in [1.54, 1.807) is 19.0 Å². The molecule has 1 heterocycles. The fourth-order valence-electron chi connectivity index (χ4n) is 0.868. The predicted molar refractivity (Wildman–Crippen MR) is 56.4 cm³/mol. The number of carbonyl (C=O) groups excluding carboxylic acids is 1. The standard InChI is InChI=1S/C8H14N4OS/c1-6-10-11-8(14-6)9-5-4-7(13)12(2)3/h4-5H2,1-3H3,(H,9,11). The van der Waals surface area contributed by atoms with Crippen molar-refractivity contribution in [2.75, 3.05) is 26.0 Å². The van der Waals surface area contributed by atoms with Gasteiger partial charge in [-0.25, -0.2) is 0 Å². The van der Waals surface area contributed by atoms with Crippen LogP contribution in [0.4, 0.5) is 5.13 Å². The molecule has 0 aromatic carbocycles. The van der Waals surface area contributed by atoms with Crippen LogP contribution >= 0.6 is 11.3 Å². The van der Waals surface area contributed by atoms with Crippen molar-refractivity contribution in [1.82, 2.24) is 15.1 Å². The lowest BCUT2D eigenvalue weighted by molar-refractivity contribution is -0.128. The lowest BCUT2D eigenvalue weighted by atomic mass is 10.4. The van der Waals surface area contributed by atoms with Crippen LogP contribution in [0.2, 0.25) is 0 Å². The third-order valence-electron chi connectivity index (χ3n) is 1.64. The van der Waals surface area contributed by atoms with Gasteiger partial charge in [0.15, 0.2) is 0 Å². The lowest BCUT2D eigenvalue weighted by Crippen LogP contribution is -2.23. The van der Waals surface area contributed by atoms with E-state index >= 15 is 0 Å². The highest BCUT2D eigenvalue weighted by atomic mass is 32.1. The summed E-state index contributed by atoms with van der Waals surface area (Å²) in [4.78, 5) is 12.8. The predicted octanol–water partition coefficient (Wildman–Crippen LogP) is 0.737. The van der Waals surface area contributed by atoms with Crippen LogP contribution < -0.4 is 5.32 Å². The average Bonchev–Trinajstić information content (AvgIpc) is 2.51. The Labute approximate surface area is 87.1 Å². The number of nitrogens with one attached hydrogen (secondary N) is 1. The van der Waals surface area contributed by atoms with Gasteiger partial charge >= 0.3 is 0 Å². The number of hydrogen-bond acceptors (Lipinski definition) is 5. The zero-order valence-electron chi connectivity index (χ0n) is 8.57. The minimum absolute atomic E-state index is 0.110. The molecule has 1 rings (SSSR count). The van der Waals surface area contributed by atoms with Crippen molar-refractivity contribution in [3.63, 3.8) is 0 Å². The van der Waals surface area contributed by atoms with Gasteiger partial charge in [-0.2, -0.15) is 0 Å². The van der Waals surface area contributed by atoms with Crippen LogP contribution in [0.3, 0.4) is 0 Å². The quantitative estimate of drug-likeness (QED) is 0.803. The van der Waals surface area contributed by atoms with Gasteiger partial charge in [-0.15, -0.1) is 10.2 Å². The SMILES string of the molecule is Cc1nnc(NCCC(=O)N(C)C)s1. The normalized spacial score (nSPS) is 9.93. The zero-order valence-corrected chi connectivity index (χ0v) is 9.39. The molecule has 0 spiro atoms. The molecular weight excluding hydrogens is 200 g/mol. The number of rotatable bonds is 4. The van der Waals surface area contributed by atoms with E-state index in [2.05, 4.69) is 15.5 Å². The molecule has 0 atom stereocenters. The molecule has 0 aliphatic carbocycles. The minimum Gasteiger partial charge on any atom is -0.360 e. The summed E-state index contributed by atoms with van der Waals surface area (Å²) in [6, 6.07) is 0. The van der Waals surface area contributed by atoms with Crippen LogP contribution in [0.5, 0.6) is 0 Å². The van der Waals surface area contributed by atoms with Gasteiger partial charge in [0, 0.05) is 27.1 Å². The molecule has 14 heavy (non-hydrogen) atoms. The van der Waals surface area contributed by atoms with Crippen molar-refractivity contribution in [2.45, 2.75) is 13.3 Å². The molecule has 0 aliphatic heterocycles. The molecule has 1 N–H and O–H groups in total. The maximum atomic E-state index is 11.2. The van der Waals surface area contributed by atoms with Crippen LogP contribution in [0.15, 0.2) is 0 Å². The monoisotopic (exact) mass is 214 g/mol. The first kappa shape index (κ1) is 10.9. The molecule has 0 aliphatic rings. The van der Waals surface area contributed by atoms with E-state index in [0.717, 1.165) is 10.1 Å². The molecule has 5 nitrogen and oxygen atoms in total. The second-order valence-electron chi connectivity index (χ2n) is 3.09. The van der Waals surface area contributed by atoms with E-state index in [9.17, 15) is 4.79 Å². The Bertz CT molecular complexity index is 310. The second-order valence-corrected chi connectivity index (χ2v) is 4.27. The average molecular weight is 214 g/mol. The summed E-state index contributed by atoms with van der Waals surface area (Å²) in [7, 11) is 3.49. The molecule has 1 aromatic rings. The van der Waals surface area contributed by atoms with Crippen LogP contribution in [0.25, 0.3) is 0 Å². The van der Waals surface area contributed by atoms with Gasteiger partial charge in [0.25, 0.3) is 0 Å².